The third kappa shape index (κ3) is 2.29. The second-order valence-electron chi connectivity index (χ2n) is 4.21. The smallest absolute Gasteiger partial charge is 0.433 e. The van der Waals surface area contributed by atoms with Crippen molar-refractivity contribution in [2.24, 2.45) is 0 Å². The van der Waals surface area contributed by atoms with Gasteiger partial charge in [0.1, 0.15) is 10.7 Å². The zero-order valence-electron chi connectivity index (χ0n) is 11.0. The van der Waals surface area contributed by atoms with Gasteiger partial charge in [-0.1, -0.05) is 11.6 Å². The van der Waals surface area contributed by atoms with E-state index >= 15 is 0 Å². The van der Waals surface area contributed by atoms with Crippen molar-refractivity contribution in [1.29, 1.82) is 0 Å². The molecule has 9 heteroatoms. The molecule has 3 aromatic rings. The summed E-state index contributed by atoms with van der Waals surface area (Å²) in [7, 11) is 1.42. The van der Waals surface area contributed by atoms with E-state index in [-0.39, 0.29) is 27.6 Å². The first-order valence-electron chi connectivity index (χ1n) is 5.92. The lowest BCUT2D eigenvalue weighted by Crippen LogP contribution is -2.03. The second-order valence-corrected chi connectivity index (χ2v) is 4.61. The molecule has 0 aliphatic rings. The molecular weight excluding hydrogens is 316 g/mol. The second kappa shape index (κ2) is 5.15. The zero-order chi connectivity index (χ0) is 15.9. The molecule has 0 aliphatic carbocycles. The van der Waals surface area contributed by atoms with E-state index in [1.165, 1.54) is 25.3 Å². The quantitative estimate of drug-likeness (QED) is 0.538. The van der Waals surface area contributed by atoms with Gasteiger partial charge in [-0.15, -0.1) is 0 Å². The Morgan fingerprint density at radius 2 is 2.09 bits per heavy atom. The highest BCUT2D eigenvalue weighted by Gasteiger charge is 2.18. The lowest BCUT2D eigenvalue weighted by molar-refractivity contribution is -0.401. The average molecular weight is 323 g/mol. The predicted molar refractivity (Wildman–Crippen MR) is 76.2 cm³/mol. The molecule has 0 saturated heterocycles. The lowest BCUT2D eigenvalue weighted by Gasteiger charge is -2.04. The molecule has 112 valence electrons. The Labute approximate surface area is 127 Å². The molecule has 8 nitrogen and oxygen atoms in total. The van der Waals surface area contributed by atoms with Crippen molar-refractivity contribution in [2.45, 2.75) is 0 Å². The van der Waals surface area contributed by atoms with Crippen LogP contribution in [0.5, 0.6) is 5.75 Å². The van der Waals surface area contributed by atoms with Crippen LogP contribution in [-0.2, 0) is 0 Å². The van der Waals surface area contributed by atoms with Gasteiger partial charge in [-0.25, -0.2) is 9.78 Å². The Morgan fingerprint density at radius 1 is 1.32 bits per heavy atom. The molecule has 2 heterocycles. The third-order valence-corrected chi connectivity index (χ3v) is 3.18. The summed E-state index contributed by atoms with van der Waals surface area (Å²) in [5.41, 5.74) is -0.426. The van der Waals surface area contributed by atoms with E-state index in [4.69, 9.17) is 25.2 Å². The van der Waals surface area contributed by atoms with E-state index in [0.717, 1.165) is 6.07 Å². The minimum absolute atomic E-state index is 0.0300. The van der Waals surface area contributed by atoms with Crippen LogP contribution < -0.4 is 10.4 Å². The highest BCUT2D eigenvalue weighted by molar-refractivity contribution is 6.32. The van der Waals surface area contributed by atoms with Crippen LogP contribution in [0.2, 0.25) is 5.02 Å². The van der Waals surface area contributed by atoms with E-state index < -0.39 is 16.4 Å². The molecule has 0 radical (unpaired) electrons. The predicted octanol–water partition coefficient (Wildman–Crippen LogP) is 3.02. The third-order valence-electron chi connectivity index (χ3n) is 2.88. The van der Waals surface area contributed by atoms with E-state index in [2.05, 4.69) is 4.98 Å². The van der Waals surface area contributed by atoms with Crippen molar-refractivity contribution in [3.63, 3.8) is 0 Å². The Bertz CT molecular complexity index is 945. The largest absolute Gasteiger partial charge is 0.495 e. The van der Waals surface area contributed by atoms with Gasteiger partial charge in [-0.2, -0.15) is 0 Å². The number of nitrogens with zero attached hydrogens (tertiary/aromatic N) is 2. The summed E-state index contributed by atoms with van der Waals surface area (Å²) in [6, 6.07) is 5.28. The number of nitro groups is 1. The summed E-state index contributed by atoms with van der Waals surface area (Å²) in [4.78, 5) is 26.0. The number of aromatic nitrogens is 1. The molecule has 0 unspecified atom stereocenters. The molecule has 0 N–H and O–H groups in total. The van der Waals surface area contributed by atoms with Crippen LogP contribution in [-0.4, -0.2) is 17.0 Å². The lowest BCUT2D eigenvalue weighted by atomic mass is 10.2. The average Bonchev–Trinajstić information content (AvgIpc) is 2.96. The molecule has 1 aromatic carbocycles. The molecule has 22 heavy (non-hydrogen) atoms. The van der Waals surface area contributed by atoms with Gasteiger partial charge in [0.05, 0.1) is 29.1 Å². The molecule has 2 aromatic heterocycles. The molecule has 0 fully saturated rings. The zero-order valence-corrected chi connectivity index (χ0v) is 11.8. The van der Waals surface area contributed by atoms with Crippen LogP contribution >= 0.6 is 11.6 Å². The van der Waals surface area contributed by atoms with Crippen molar-refractivity contribution in [2.75, 3.05) is 7.11 Å². The summed E-state index contributed by atoms with van der Waals surface area (Å²) >= 11 is 5.99. The van der Waals surface area contributed by atoms with Gasteiger partial charge < -0.3 is 13.6 Å². The number of ether oxygens (including phenoxy) is 1. The fourth-order valence-electron chi connectivity index (χ4n) is 1.88. The van der Waals surface area contributed by atoms with Crippen LogP contribution in [0.3, 0.4) is 0 Å². The minimum atomic E-state index is -0.704. The number of hydrogen-bond donors (Lipinski definition) is 0. The van der Waals surface area contributed by atoms with Crippen LogP contribution in [0.1, 0.15) is 0 Å². The Kier molecular flexibility index (Phi) is 3.30. The SMILES string of the molecule is COc1cc2c(=O)oc(-c3ccc([N+](=O)[O-])o3)nc2cc1Cl. The highest BCUT2D eigenvalue weighted by Crippen LogP contribution is 2.30. The summed E-state index contributed by atoms with van der Waals surface area (Å²) in [6.45, 7) is 0. The Balaban J connectivity index is 2.19. The molecule has 0 aliphatic heterocycles. The molecule has 3 rings (SSSR count). The van der Waals surface area contributed by atoms with Gasteiger partial charge in [0.2, 0.25) is 0 Å². The van der Waals surface area contributed by atoms with Crippen molar-refractivity contribution in [3.05, 3.63) is 49.8 Å². The topological polar surface area (TPSA) is 109 Å². The van der Waals surface area contributed by atoms with Crippen LogP contribution in [0, 0.1) is 10.1 Å². The van der Waals surface area contributed by atoms with Crippen LogP contribution in [0.15, 0.2) is 37.9 Å². The standard InChI is InChI=1S/C13H7ClN2O6/c1-20-10-4-6-8(5-7(10)14)15-12(22-13(6)17)9-2-3-11(21-9)16(18)19/h2-5H,1H3. The molecule has 0 bridgehead atoms. The van der Waals surface area contributed by atoms with Gasteiger partial charge >= 0.3 is 11.5 Å². The molecule has 0 atom stereocenters. The number of hydrogen-bond acceptors (Lipinski definition) is 7. The van der Waals surface area contributed by atoms with Crippen molar-refractivity contribution in [1.82, 2.24) is 4.98 Å². The monoisotopic (exact) mass is 322 g/mol. The first kappa shape index (κ1) is 14.1. The maximum Gasteiger partial charge on any atom is 0.433 e. The maximum absolute atomic E-state index is 12.0. The molecular formula is C13H7ClN2O6. The van der Waals surface area contributed by atoms with Crippen molar-refractivity contribution < 1.29 is 18.5 Å². The normalized spacial score (nSPS) is 10.8. The number of methoxy groups -OCH3 is 1. The van der Waals surface area contributed by atoms with Crippen LogP contribution in [0.25, 0.3) is 22.6 Å². The van der Waals surface area contributed by atoms with Crippen molar-refractivity contribution in [3.8, 4) is 17.4 Å². The van der Waals surface area contributed by atoms with Gasteiger partial charge in [0.25, 0.3) is 5.89 Å². The van der Waals surface area contributed by atoms with Gasteiger partial charge in [0, 0.05) is 0 Å². The summed E-state index contributed by atoms with van der Waals surface area (Å²) in [6.07, 6.45) is 0. The number of halogens is 1. The number of rotatable bonds is 3. The number of fused-ring (bicyclic) bond motifs is 1. The summed E-state index contributed by atoms with van der Waals surface area (Å²) < 4.78 is 15.0. The van der Waals surface area contributed by atoms with Crippen molar-refractivity contribution >= 4 is 28.4 Å². The number of benzene rings is 1. The minimum Gasteiger partial charge on any atom is -0.495 e. The van der Waals surface area contributed by atoms with E-state index in [0.29, 0.717) is 5.75 Å². The fourth-order valence-corrected chi connectivity index (χ4v) is 2.11. The maximum atomic E-state index is 12.0. The van der Waals surface area contributed by atoms with Gasteiger partial charge in [-0.05, 0) is 18.2 Å². The fraction of sp³-hybridized carbons (Fsp3) is 0.0769. The first-order chi connectivity index (χ1) is 10.5. The van der Waals surface area contributed by atoms with E-state index in [1.807, 2.05) is 0 Å². The van der Waals surface area contributed by atoms with Gasteiger partial charge in [0.15, 0.2) is 5.76 Å². The van der Waals surface area contributed by atoms with Gasteiger partial charge in [-0.3, -0.25) is 10.1 Å². The van der Waals surface area contributed by atoms with Crippen LogP contribution in [0.4, 0.5) is 5.88 Å². The number of furan rings is 1. The summed E-state index contributed by atoms with van der Waals surface area (Å²) in [5, 5.41) is 11.0. The Morgan fingerprint density at radius 3 is 2.73 bits per heavy atom. The highest BCUT2D eigenvalue weighted by atomic mass is 35.5. The summed E-state index contributed by atoms with van der Waals surface area (Å²) in [5.74, 6) is -0.374. The Hall–Kier alpha value is -2.87. The van der Waals surface area contributed by atoms with E-state index in [9.17, 15) is 14.9 Å². The molecule has 0 saturated carbocycles. The van der Waals surface area contributed by atoms with E-state index in [1.54, 1.807) is 0 Å². The molecule has 0 spiro atoms. The molecule has 0 amide bonds. The first-order valence-corrected chi connectivity index (χ1v) is 6.30.